The molecule has 0 saturated carbocycles. The third-order valence-electron chi connectivity index (χ3n) is 4.66. The van der Waals surface area contributed by atoms with Gasteiger partial charge in [0, 0.05) is 28.9 Å². The molecule has 2 aromatic heterocycles. The number of hydrogen-bond donors (Lipinski definition) is 1. The van der Waals surface area contributed by atoms with Gasteiger partial charge in [0.1, 0.15) is 30.1 Å². The summed E-state index contributed by atoms with van der Waals surface area (Å²) < 4.78 is 47.7. The van der Waals surface area contributed by atoms with Crippen molar-refractivity contribution in [2.45, 2.75) is 12.9 Å². The predicted octanol–water partition coefficient (Wildman–Crippen LogP) is 4.77. The maximum Gasteiger partial charge on any atom is 0.573 e. The highest BCUT2D eigenvalue weighted by Crippen LogP contribution is 2.27. The third kappa shape index (κ3) is 4.80. The van der Waals surface area contributed by atoms with Crippen molar-refractivity contribution in [3.63, 3.8) is 0 Å². The molecule has 7 nitrogen and oxygen atoms in total. The smallest absolute Gasteiger partial charge is 0.492 e. The fraction of sp³-hybridized carbons (Fsp3) is 0.136. The Kier molecular flexibility index (Phi) is 5.67. The van der Waals surface area contributed by atoms with Gasteiger partial charge in [0.15, 0.2) is 0 Å². The van der Waals surface area contributed by atoms with Crippen molar-refractivity contribution in [1.29, 1.82) is 0 Å². The van der Waals surface area contributed by atoms with Gasteiger partial charge in [0.25, 0.3) is 0 Å². The number of aromatic carboxylic acids is 1. The second-order valence-electron chi connectivity index (χ2n) is 6.75. The van der Waals surface area contributed by atoms with E-state index in [-0.39, 0.29) is 24.6 Å². The number of halogens is 3. The molecule has 2 heterocycles. The Balaban J connectivity index is 1.51. The standard InChI is InChI=1S/C22H16F3N3O4/c23-22(24,25)32-18-4-2-17(3-5-18)31-8-7-28-19-6-1-14(16-11-26-13-27-12-16)9-15(19)10-20(28)21(29)30/h1-6,9-13H,7-8H2,(H,29,30). The summed E-state index contributed by atoms with van der Waals surface area (Å²) in [5.41, 5.74) is 2.46. The monoisotopic (exact) mass is 443 g/mol. The Morgan fingerprint density at radius 1 is 0.969 bits per heavy atom. The van der Waals surface area contributed by atoms with E-state index in [9.17, 15) is 23.1 Å². The van der Waals surface area contributed by atoms with E-state index in [1.54, 1.807) is 23.0 Å². The molecular formula is C22H16F3N3O4. The van der Waals surface area contributed by atoms with Crippen LogP contribution in [0.3, 0.4) is 0 Å². The number of rotatable bonds is 7. The lowest BCUT2D eigenvalue weighted by atomic mass is 10.1. The molecule has 1 N–H and O–H groups in total. The molecule has 10 heteroatoms. The number of carboxylic acid groups (broad SMARTS) is 1. The van der Waals surface area contributed by atoms with E-state index >= 15 is 0 Å². The van der Waals surface area contributed by atoms with Crippen molar-refractivity contribution >= 4 is 16.9 Å². The molecule has 0 unspecified atom stereocenters. The number of fused-ring (bicyclic) bond motifs is 1. The minimum Gasteiger partial charge on any atom is -0.492 e. The van der Waals surface area contributed by atoms with Crippen LogP contribution in [0.5, 0.6) is 11.5 Å². The molecule has 0 spiro atoms. The van der Waals surface area contributed by atoms with Gasteiger partial charge in [-0.2, -0.15) is 0 Å². The van der Waals surface area contributed by atoms with Crippen LogP contribution < -0.4 is 9.47 Å². The highest BCUT2D eigenvalue weighted by molar-refractivity contribution is 5.96. The fourth-order valence-corrected chi connectivity index (χ4v) is 3.31. The Morgan fingerprint density at radius 3 is 2.31 bits per heavy atom. The van der Waals surface area contributed by atoms with Crippen LogP contribution in [-0.4, -0.2) is 38.6 Å². The molecular weight excluding hydrogens is 427 g/mol. The number of carboxylic acids is 1. The van der Waals surface area contributed by atoms with Crippen LogP contribution in [0.25, 0.3) is 22.0 Å². The molecule has 32 heavy (non-hydrogen) atoms. The summed E-state index contributed by atoms with van der Waals surface area (Å²) >= 11 is 0. The number of nitrogens with zero attached hydrogens (tertiary/aromatic N) is 3. The van der Waals surface area contributed by atoms with Gasteiger partial charge < -0.3 is 19.1 Å². The van der Waals surface area contributed by atoms with Gasteiger partial charge >= 0.3 is 12.3 Å². The summed E-state index contributed by atoms with van der Waals surface area (Å²) in [6, 6.07) is 12.1. The number of aromatic nitrogens is 3. The summed E-state index contributed by atoms with van der Waals surface area (Å²) in [5, 5.41) is 10.3. The molecule has 0 atom stereocenters. The summed E-state index contributed by atoms with van der Waals surface area (Å²) in [4.78, 5) is 19.7. The van der Waals surface area contributed by atoms with E-state index in [0.29, 0.717) is 11.3 Å². The number of ether oxygens (including phenoxy) is 2. The number of benzene rings is 2. The van der Waals surface area contributed by atoms with E-state index in [4.69, 9.17) is 4.74 Å². The van der Waals surface area contributed by atoms with Crippen LogP contribution in [-0.2, 0) is 6.54 Å². The second kappa shape index (κ2) is 8.58. The van der Waals surface area contributed by atoms with Gasteiger partial charge in [-0.1, -0.05) is 6.07 Å². The van der Waals surface area contributed by atoms with Crippen LogP contribution in [0, 0.1) is 0 Å². The molecule has 0 aliphatic heterocycles. The summed E-state index contributed by atoms with van der Waals surface area (Å²) in [6.45, 7) is 0.331. The van der Waals surface area contributed by atoms with Crippen molar-refractivity contribution in [1.82, 2.24) is 14.5 Å². The highest BCUT2D eigenvalue weighted by atomic mass is 19.4. The Hall–Kier alpha value is -4.08. The third-order valence-corrected chi connectivity index (χ3v) is 4.66. The van der Waals surface area contributed by atoms with Crippen molar-refractivity contribution < 1.29 is 32.5 Å². The first-order valence-corrected chi connectivity index (χ1v) is 9.41. The molecule has 2 aromatic carbocycles. The molecule has 164 valence electrons. The summed E-state index contributed by atoms with van der Waals surface area (Å²) in [7, 11) is 0. The SMILES string of the molecule is O=C(O)c1cc2cc(-c3cncnc3)ccc2n1CCOc1ccc(OC(F)(F)F)cc1. The Labute approximate surface area is 179 Å². The summed E-state index contributed by atoms with van der Waals surface area (Å²) in [5.74, 6) is -1.10. The Bertz CT molecular complexity index is 1240. The van der Waals surface area contributed by atoms with Crippen molar-refractivity contribution in [3.05, 3.63) is 72.9 Å². The molecule has 0 saturated heterocycles. The van der Waals surface area contributed by atoms with Gasteiger partial charge in [-0.3, -0.25) is 0 Å². The number of hydrogen-bond acceptors (Lipinski definition) is 5. The lowest BCUT2D eigenvalue weighted by Crippen LogP contribution is -2.17. The average molecular weight is 443 g/mol. The number of carbonyl (C=O) groups is 1. The van der Waals surface area contributed by atoms with Gasteiger partial charge in [-0.25, -0.2) is 14.8 Å². The van der Waals surface area contributed by atoms with E-state index in [1.807, 2.05) is 18.2 Å². The van der Waals surface area contributed by atoms with Gasteiger partial charge in [0.2, 0.25) is 0 Å². The van der Waals surface area contributed by atoms with Gasteiger partial charge in [0.05, 0.1) is 6.54 Å². The molecule has 0 radical (unpaired) electrons. The minimum absolute atomic E-state index is 0.0963. The normalized spacial score (nSPS) is 11.5. The molecule has 0 amide bonds. The Morgan fingerprint density at radius 2 is 1.66 bits per heavy atom. The lowest BCUT2D eigenvalue weighted by molar-refractivity contribution is -0.274. The maximum atomic E-state index is 12.2. The zero-order valence-corrected chi connectivity index (χ0v) is 16.4. The van der Waals surface area contributed by atoms with Crippen molar-refractivity contribution in [3.8, 4) is 22.6 Å². The van der Waals surface area contributed by atoms with Gasteiger partial charge in [-0.15, -0.1) is 13.2 Å². The zero-order chi connectivity index (χ0) is 22.7. The summed E-state index contributed by atoms with van der Waals surface area (Å²) in [6.07, 6.45) is 0.000675. The van der Waals surface area contributed by atoms with Crippen LogP contribution in [0.1, 0.15) is 10.5 Å². The first-order valence-electron chi connectivity index (χ1n) is 9.41. The van der Waals surface area contributed by atoms with Gasteiger partial charge in [-0.05, 0) is 48.0 Å². The van der Waals surface area contributed by atoms with Crippen molar-refractivity contribution in [2.24, 2.45) is 0 Å². The molecule has 4 rings (SSSR count). The lowest BCUT2D eigenvalue weighted by Gasteiger charge is -2.12. The van der Waals surface area contributed by atoms with Crippen LogP contribution in [0.15, 0.2) is 67.3 Å². The molecule has 0 fully saturated rings. The predicted molar refractivity (Wildman–Crippen MR) is 109 cm³/mol. The van der Waals surface area contributed by atoms with E-state index in [0.717, 1.165) is 28.6 Å². The first kappa shape index (κ1) is 21.2. The second-order valence-corrected chi connectivity index (χ2v) is 6.75. The van der Waals surface area contributed by atoms with Crippen LogP contribution in [0.4, 0.5) is 13.2 Å². The molecule has 4 aromatic rings. The largest absolute Gasteiger partial charge is 0.573 e. The van der Waals surface area contributed by atoms with Crippen LogP contribution in [0.2, 0.25) is 0 Å². The molecule has 0 aliphatic rings. The topological polar surface area (TPSA) is 86.5 Å². The number of alkyl halides is 3. The molecule has 0 aliphatic carbocycles. The first-order chi connectivity index (χ1) is 15.3. The van der Waals surface area contributed by atoms with Crippen molar-refractivity contribution in [2.75, 3.05) is 6.61 Å². The molecule has 0 bridgehead atoms. The van der Waals surface area contributed by atoms with E-state index in [2.05, 4.69) is 14.7 Å². The zero-order valence-electron chi connectivity index (χ0n) is 16.4. The average Bonchev–Trinajstić information content (AvgIpc) is 3.13. The fourth-order valence-electron chi connectivity index (χ4n) is 3.31. The van der Waals surface area contributed by atoms with E-state index in [1.165, 1.54) is 18.5 Å². The quantitative estimate of drug-likeness (QED) is 0.443. The highest BCUT2D eigenvalue weighted by Gasteiger charge is 2.31. The van der Waals surface area contributed by atoms with Crippen LogP contribution >= 0.6 is 0 Å². The maximum absolute atomic E-state index is 12.2. The minimum atomic E-state index is -4.77. The van der Waals surface area contributed by atoms with E-state index < -0.39 is 12.3 Å².